The number of nitrogens with one attached hydrogen (secondary N) is 1. The van der Waals surface area contributed by atoms with E-state index in [0.717, 1.165) is 11.1 Å². The van der Waals surface area contributed by atoms with Crippen molar-refractivity contribution < 1.29 is 14.1 Å². The van der Waals surface area contributed by atoms with E-state index in [-0.39, 0.29) is 23.0 Å². The number of aromatic nitrogens is 2. The van der Waals surface area contributed by atoms with Crippen LogP contribution in [0.4, 0.5) is 11.4 Å². The molecule has 138 valence electrons. The van der Waals surface area contributed by atoms with Gasteiger partial charge >= 0.3 is 0 Å². The summed E-state index contributed by atoms with van der Waals surface area (Å²) in [5, 5.41) is 17.7. The normalized spacial score (nSPS) is 10.6. The second kappa shape index (κ2) is 7.50. The van der Waals surface area contributed by atoms with Crippen LogP contribution in [0.15, 0.2) is 46.9 Å². The van der Waals surface area contributed by atoms with Gasteiger partial charge in [0.2, 0.25) is 11.8 Å². The summed E-state index contributed by atoms with van der Waals surface area (Å²) in [5.74, 6) is -0.0360. The van der Waals surface area contributed by atoms with Gasteiger partial charge in [-0.05, 0) is 49.8 Å². The van der Waals surface area contributed by atoms with E-state index in [1.807, 2.05) is 31.2 Å². The van der Waals surface area contributed by atoms with Crippen molar-refractivity contribution in [1.82, 2.24) is 9.78 Å². The van der Waals surface area contributed by atoms with Gasteiger partial charge in [0.25, 0.3) is 10.5 Å². The van der Waals surface area contributed by atoms with Crippen molar-refractivity contribution >= 4 is 29.5 Å². The van der Waals surface area contributed by atoms with Crippen LogP contribution in [0.5, 0.6) is 0 Å². The largest absolute Gasteiger partial charge is 0.409 e. The number of carbonyl (C=O) groups excluding carboxylic acids is 1. The fourth-order valence-electron chi connectivity index (χ4n) is 2.45. The summed E-state index contributed by atoms with van der Waals surface area (Å²) in [5.41, 5.74) is 2.90. The number of benzene rings is 2. The van der Waals surface area contributed by atoms with E-state index < -0.39 is 4.92 Å². The topological polar surface area (TPSA) is 103 Å². The highest BCUT2D eigenvalue weighted by Gasteiger charge is 2.14. The lowest BCUT2D eigenvalue weighted by atomic mass is 10.1. The molecule has 0 radical (unpaired) electrons. The van der Waals surface area contributed by atoms with Crippen molar-refractivity contribution in [2.75, 3.05) is 5.32 Å². The molecule has 0 fully saturated rings. The minimum atomic E-state index is -0.486. The number of amides is 1. The van der Waals surface area contributed by atoms with E-state index in [2.05, 4.69) is 10.4 Å². The lowest BCUT2D eigenvalue weighted by Crippen LogP contribution is -2.20. The molecule has 0 spiro atoms. The molecule has 0 saturated heterocycles. The van der Waals surface area contributed by atoms with Crippen molar-refractivity contribution in [1.29, 1.82) is 0 Å². The molecule has 1 heterocycles. The van der Waals surface area contributed by atoms with E-state index in [9.17, 15) is 14.9 Å². The number of carbonyl (C=O) groups is 1. The van der Waals surface area contributed by atoms with E-state index in [1.165, 1.54) is 22.9 Å². The Hall–Kier alpha value is -3.33. The molecule has 9 heteroatoms. The zero-order valence-corrected chi connectivity index (χ0v) is 15.4. The molecule has 8 nitrogen and oxygen atoms in total. The Kier molecular flexibility index (Phi) is 5.13. The molecule has 1 amide bonds. The molecule has 0 aliphatic carbocycles. The second-order valence-corrected chi connectivity index (χ2v) is 6.35. The van der Waals surface area contributed by atoms with Gasteiger partial charge in [0, 0.05) is 23.4 Å². The number of nitro groups is 1. The highest BCUT2D eigenvalue weighted by Crippen LogP contribution is 2.21. The smallest absolute Gasteiger partial charge is 0.287 e. The van der Waals surface area contributed by atoms with Gasteiger partial charge in [-0.1, -0.05) is 17.7 Å². The zero-order valence-electron chi connectivity index (χ0n) is 14.6. The van der Waals surface area contributed by atoms with Crippen LogP contribution < -0.4 is 5.32 Å². The Morgan fingerprint density at radius 3 is 2.59 bits per heavy atom. The summed E-state index contributed by atoms with van der Waals surface area (Å²) < 4.78 is 6.76. The Balaban J connectivity index is 1.74. The maximum atomic E-state index is 12.3. The molecular formula is C18H16N4O4S. The molecule has 2 aromatic carbocycles. The van der Waals surface area contributed by atoms with Crippen molar-refractivity contribution in [3.05, 3.63) is 68.5 Å². The van der Waals surface area contributed by atoms with E-state index in [4.69, 9.17) is 16.6 Å². The predicted octanol–water partition coefficient (Wildman–Crippen LogP) is 4.04. The number of aryl methyl sites for hydroxylation is 2. The van der Waals surface area contributed by atoms with Gasteiger partial charge < -0.3 is 9.73 Å². The summed E-state index contributed by atoms with van der Waals surface area (Å²) in [4.78, 5) is 22.7. The third kappa shape index (κ3) is 4.26. The number of hydrogen-bond acceptors (Lipinski definition) is 6. The maximum absolute atomic E-state index is 12.3. The van der Waals surface area contributed by atoms with E-state index in [1.54, 1.807) is 6.92 Å². The van der Waals surface area contributed by atoms with Gasteiger partial charge in [0.1, 0.15) is 6.54 Å². The number of non-ortho nitro benzene ring substituents is 1. The molecule has 0 aliphatic rings. The average molecular weight is 384 g/mol. The van der Waals surface area contributed by atoms with Gasteiger partial charge in [0.05, 0.1) is 4.92 Å². The highest BCUT2D eigenvalue weighted by molar-refractivity contribution is 7.71. The Morgan fingerprint density at radius 2 is 1.96 bits per heavy atom. The van der Waals surface area contributed by atoms with Crippen molar-refractivity contribution in [3.63, 3.8) is 0 Å². The molecule has 1 N–H and O–H groups in total. The Bertz CT molecular complexity index is 1070. The SMILES string of the molecule is Cc1ccc(-c2nn(CC(=O)Nc3ccc([N+](=O)[O-])cc3C)c(=S)o2)cc1. The van der Waals surface area contributed by atoms with Crippen molar-refractivity contribution in [2.24, 2.45) is 0 Å². The first-order valence-electron chi connectivity index (χ1n) is 8.03. The predicted molar refractivity (Wildman–Crippen MR) is 102 cm³/mol. The first kappa shape index (κ1) is 18.5. The van der Waals surface area contributed by atoms with Crippen LogP contribution in [0, 0.1) is 28.8 Å². The van der Waals surface area contributed by atoms with Gasteiger partial charge in [0.15, 0.2) is 0 Å². The monoisotopic (exact) mass is 384 g/mol. The molecule has 0 aliphatic heterocycles. The zero-order chi connectivity index (χ0) is 19.6. The molecule has 3 rings (SSSR count). The van der Waals surface area contributed by atoms with Gasteiger partial charge in [-0.2, -0.15) is 0 Å². The summed E-state index contributed by atoms with van der Waals surface area (Å²) in [6, 6.07) is 11.8. The summed E-state index contributed by atoms with van der Waals surface area (Å²) >= 11 is 5.13. The molecule has 0 bridgehead atoms. The first-order chi connectivity index (χ1) is 12.8. The lowest BCUT2D eigenvalue weighted by molar-refractivity contribution is -0.384. The van der Waals surface area contributed by atoms with Crippen LogP contribution >= 0.6 is 12.2 Å². The maximum Gasteiger partial charge on any atom is 0.287 e. The second-order valence-electron chi connectivity index (χ2n) is 6.00. The Morgan fingerprint density at radius 1 is 1.26 bits per heavy atom. The minimum absolute atomic E-state index is 0.0352. The summed E-state index contributed by atoms with van der Waals surface area (Å²) in [6.07, 6.45) is 0. The molecule has 0 unspecified atom stereocenters. The van der Waals surface area contributed by atoms with Gasteiger partial charge in [-0.3, -0.25) is 14.9 Å². The molecule has 27 heavy (non-hydrogen) atoms. The highest BCUT2D eigenvalue weighted by atomic mass is 32.1. The van der Waals surface area contributed by atoms with Crippen LogP contribution in [-0.2, 0) is 11.3 Å². The number of hydrogen-bond donors (Lipinski definition) is 1. The summed E-state index contributed by atoms with van der Waals surface area (Å²) in [7, 11) is 0. The molecule has 1 aromatic heterocycles. The number of nitro benzene ring substituents is 1. The number of nitrogens with zero attached hydrogens (tertiary/aromatic N) is 3. The minimum Gasteiger partial charge on any atom is -0.409 e. The third-order valence-electron chi connectivity index (χ3n) is 3.89. The lowest BCUT2D eigenvalue weighted by Gasteiger charge is -2.07. The molecular weight excluding hydrogens is 368 g/mol. The molecule has 3 aromatic rings. The fraction of sp³-hybridized carbons (Fsp3) is 0.167. The van der Waals surface area contributed by atoms with E-state index >= 15 is 0 Å². The third-order valence-corrected chi connectivity index (χ3v) is 4.19. The van der Waals surface area contributed by atoms with Crippen LogP contribution in [-0.4, -0.2) is 20.6 Å². The molecule has 0 atom stereocenters. The standard InChI is InChI=1S/C18H16N4O4S/c1-11-3-5-13(6-4-11)17-20-21(18(27)26-17)10-16(23)19-15-8-7-14(22(24)25)9-12(15)2/h3-9H,10H2,1-2H3,(H,19,23). The average Bonchev–Trinajstić information content (AvgIpc) is 2.97. The Labute approximate surface area is 159 Å². The van der Waals surface area contributed by atoms with E-state index in [0.29, 0.717) is 17.1 Å². The summed E-state index contributed by atoms with van der Waals surface area (Å²) in [6.45, 7) is 3.52. The quantitative estimate of drug-likeness (QED) is 0.405. The van der Waals surface area contributed by atoms with Crippen molar-refractivity contribution in [3.8, 4) is 11.5 Å². The fourth-order valence-corrected chi connectivity index (χ4v) is 2.63. The molecule has 0 saturated carbocycles. The van der Waals surface area contributed by atoms with Crippen molar-refractivity contribution in [2.45, 2.75) is 20.4 Å². The van der Waals surface area contributed by atoms with Crippen LogP contribution in [0.1, 0.15) is 11.1 Å². The van der Waals surface area contributed by atoms with Gasteiger partial charge in [-0.15, -0.1) is 5.10 Å². The van der Waals surface area contributed by atoms with Crippen LogP contribution in [0.3, 0.4) is 0 Å². The first-order valence-corrected chi connectivity index (χ1v) is 8.44. The number of anilines is 1. The number of rotatable bonds is 5. The van der Waals surface area contributed by atoms with Gasteiger partial charge in [-0.25, -0.2) is 4.68 Å². The van der Waals surface area contributed by atoms with Crippen LogP contribution in [0.2, 0.25) is 0 Å². The van der Waals surface area contributed by atoms with Crippen LogP contribution in [0.25, 0.3) is 11.5 Å².